The van der Waals surface area contributed by atoms with Gasteiger partial charge in [0.05, 0.1) is 12.3 Å². The van der Waals surface area contributed by atoms with Gasteiger partial charge in [0.2, 0.25) is 0 Å². The Morgan fingerprint density at radius 1 is 1.09 bits per heavy atom. The third-order valence-electron chi connectivity index (χ3n) is 5.85. The molecule has 0 aliphatic heterocycles. The van der Waals surface area contributed by atoms with E-state index in [-0.39, 0.29) is 5.78 Å². The summed E-state index contributed by atoms with van der Waals surface area (Å²) in [6, 6.07) is 16.7. The van der Waals surface area contributed by atoms with Crippen LogP contribution < -0.4 is 0 Å². The molecule has 7 heteroatoms. The molecule has 1 aliphatic carbocycles. The zero-order chi connectivity index (χ0) is 22.1. The van der Waals surface area contributed by atoms with Gasteiger partial charge in [0.25, 0.3) is 0 Å². The van der Waals surface area contributed by atoms with Gasteiger partial charge in [0.1, 0.15) is 0 Å². The lowest BCUT2D eigenvalue weighted by molar-refractivity contribution is 0.102. The molecule has 1 aromatic carbocycles. The number of hydrogen-bond acceptors (Lipinski definition) is 5. The van der Waals surface area contributed by atoms with Crippen LogP contribution in [0.1, 0.15) is 46.2 Å². The predicted molar refractivity (Wildman–Crippen MR) is 126 cm³/mol. The van der Waals surface area contributed by atoms with Crippen LogP contribution in [-0.4, -0.2) is 35.9 Å². The van der Waals surface area contributed by atoms with Crippen LogP contribution in [0.4, 0.5) is 0 Å². The fourth-order valence-electron chi connectivity index (χ4n) is 4.17. The molecule has 0 spiro atoms. The van der Waals surface area contributed by atoms with E-state index in [1.165, 1.54) is 30.3 Å². The molecule has 4 aromatic rings. The second kappa shape index (κ2) is 8.74. The maximum Gasteiger partial charge on any atom is 0.192 e. The Labute approximate surface area is 191 Å². The van der Waals surface area contributed by atoms with E-state index >= 15 is 0 Å². The van der Waals surface area contributed by atoms with Crippen molar-refractivity contribution in [1.29, 1.82) is 0 Å². The van der Waals surface area contributed by atoms with Crippen molar-refractivity contribution in [3.63, 3.8) is 0 Å². The van der Waals surface area contributed by atoms with E-state index in [4.69, 9.17) is 0 Å². The number of benzene rings is 1. The minimum atomic E-state index is 0.132. The van der Waals surface area contributed by atoms with Crippen LogP contribution in [0.3, 0.4) is 0 Å². The van der Waals surface area contributed by atoms with E-state index in [0.717, 1.165) is 33.4 Å². The molecule has 0 radical (unpaired) electrons. The molecule has 1 fully saturated rings. The molecule has 1 saturated carbocycles. The number of Topliss-reactive ketones (excluding diaryl/α,β-unsaturated/α-hetero) is 1. The Morgan fingerprint density at radius 3 is 2.62 bits per heavy atom. The molecule has 3 aromatic heterocycles. The van der Waals surface area contributed by atoms with Crippen molar-refractivity contribution in [3.05, 3.63) is 83.4 Å². The summed E-state index contributed by atoms with van der Waals surface area (Å²) in [7, 11) is 0. The summed E-state index contributed by atoms with van der Waals surface area (Å²) in [6.45, 7) is 4.78. The number of nitrogens with zero attached hydrogens (tertiary/aromatic N) is 5. The SMILES string of the molecule is Cc1cc(C(=O)CSc2nnc(-c3cccnc3)n2Cc2ccccc2)c(C)n1C1CC1. The van der Waals surface area contributed by atoms with Crippen LogP contribution in [0.2, 0.25) is 0 Å². The Hall–Kier alpha value is -3.19. The van der Waals surface area contributed by atoms with E-state index in [9.17, 15) is 4.79 Å². The van der Waals surface area contributed by atoms with Crippen molar-refractivity contribution in [2.24, 2.45) is 0 Å². The molecule has 0 saturated heterocycles. The summed E-state index contributed by atoms with van der Waals surface area (Å²) in [4.78, 5) is 17.3. The molecule has 0 bridgehead atoms. The lowest BCUT2D eigenvalue weighted by Crippen LogP contribution is -2.08. The fourth-order valence-corrected chi connectivity index (χ4v) is 5.00. The summed E-state index contributed by atoms with van der Waals surface area (Å²) in [5.74, 6) is 1.21. The van der Waals surface area contributed by atoms with E-state index < -0.39 is 0 Å². The standard InChI is InChI=1S/C25H25N5OS/c1-17-13-22(18(2)30(17)21-10-11-21)23(31)16-32-25-28-27-24(20-9-6-12-26-14-20)29(25)15-19-7-4-3-5-8-19/h3-9,12-14,21H,10-11,15-16H2,1-2H3. The molecular formula is C25H25N5OS. The van der Waals surface area contributed by atoms with Crippen molar-refractivity contribution in [3.8, 4) is 11.4 Å². The minimum absolute atomic E-state index is 0.132. The van der Waals surface area contributed by atoms with Crippen molar-refractivity contribution >= 4 is 17.5 Å². The highest BCUT2D eigenvalue weighted by atomic mass is 32.2. The molecule has 0 atom stereocenters. The van der Waals surface area contributed by atoms with E-state index in [2.05, 4.69) is 50.3 Å². The van der Waals surface area contributed by atoms with Crippen molar-refractivity contribution < 1.29 is 4.79 Å². The van der Waals surface area contributed by atoms with Crippen LogP contribution in [0.15, 0.2) is 66.1 Å². The zero-order valence-electron chi connectivity index (χ0n) is 18.2. The average molecular weight is 444 g/mol. The first-order valence-electron chi connectivity index (χ1n) is 10.8. The summed E-state index contributed by atoms with van der Waals surface area (Å²) < 4.78 is 4.38. The second-order valence-corrected chi connectivity index (χ2v) is 9.16. The number of thioether (sulfide) groups is 1. The summed E-state index contributed by atoms with van der Waals surface area (Å²) in [5, 5.41) is 9.60. The third-order valence-corrected chi connectivity index (χ3v) is 6.82. The number of rotatable bonds is 8. The maximum absolute atomic E-state index is 13.1. The fraction of sp³-hybridized carbons (Fsp3) is 0.280. The Morgan fingerprint density at radius 2 is 1.91 bits per heavy atom. The van der Waals surface area contributed by atoms with Crippen molar-refractivity contribution in [2.75, 3.05) is 5.75 Å². The Bertz CT molecular complexity index is 1240. The Kier molecular flexibility index (Phi) is 5.66. The molecule has 6 nitrogen and oxygen atoms in total. The number of hydrogen-bond donors (Lipinski definition) is 0. The van der Waals surface area contributed by atoms with E-state index in [1.807, 2.05) is 36.4 Å². The topological polar surface area (TPSA) is 65.6 Å². The van der Waals surface area contributed by atoms with Gasteiger partial charge in [-0.15, -0.1) is 10.2 Å². The second-order valence-electron chi connectivity index (χ2n) is 8.22. The van der Waals surface area contributed by atoms with Gasteiger partial charge in [-0.2, -0.15) is 0 Å². The maximum atomic E-state index is 13.1. The minimum Gasteiger partial charge on any atom is -0.345 e. The normalized spacial score (nSPS) is 13.4. The highest BCUT2D eigenvalue weighted by Crippen LogP contribution is 2.38. The van der Waals surface area contributed by atoms with Gasteiger partial charge in [-0.3, -0.25) is 14.3 Å². The number of aromatic nitrogens is 5. The average Bonchev–Trinajstić information content (AvgIpc) is 3.50. The molecule has 3 heterocycles. The van der Waals surface area contributed by atoms with Gasteiger partial charge >= 0.3 is 0 Å². The zero-order valence-corrected chi connectivity index (χ0v) is 19.0. The number of carbonyl (C=O) groups excluding carboxylic acids is 1. The smallest absolute Gasteiger partial charge is 0.192 e. The molecule has 0 N–H and O–H groups in total. The van der Waals surface area contributed by atoms with Crippen LogP contribution in [0.25, 0.3) is 11.4 Å². The quantitative estimate of drug-likeness (QED) is 0.279. The number of pyridine rings is 1. The monoisotopic (exact) mass is 443 g/mol. The van der Waals surface area contributed by atoms with Crippen LogP contribution in [-0.2, 0) is 6.54 Å². The summed E-state index contributed by atoms with van der Waals surface area (Å²) in [5.41, 5.74) is 5.13. The first-order valence-corrected chi connectivity index (χ1v) is 11.8. The van der Waals surface area contributed by atoms with Gasteiger partial charge < -0.3 is 4.57 Å². The van der Waals surface area contributed by atoms with Gasteiger partial charge in [0.15, 0.2) is 16.8 Å². The largest absolute Gasteiger partial charge is 0.345 e. The van der Waals surface area contributed by atoms with Gasteiger partial charge in [-0.25, -0.2) is 0 Å². The van der Waals surface area contributed by atoms with Gasteiger partial charge in [0, 0.05) is 41.0 Å². The van der Waals surface area contributed by atoms with E-state index in [0.29, 0.717) is 18.3 Å². The number of ketones is 1. The first kappa shape index (κ1) is 20.7. The summed E-state index contributed by atoms with van der Waals surface area (Å²) >= 11 is 1.44. The molecule has 0 unspecified atom stereocenters. The van der Waals surface area contributed by atoms with Gasteiger partial charge in [-0.1, -0.05) is 42.1 Å². The van der Waals surface area contributed by atoms with Crippen LogP contribution in [0.5, 0.6) is 0 Å². The highest BCUT2D eigenvalue weighted by Gasteiger charge is 2.28. The molecule has 162 valence electrons. The van der Waals surface area contributed by atoms with Gasteiger partial charge in [-0.05, 0) is 50.5 Å². The molecule has 32 heavy (non-hydrogen) atoms. The molecule has 5 rings (SSSR count). The molecule has 1 aliphatic rings. The summed E-state index contributed by atoms with van der Waals surface area (Å²) in [6.07, 6.45) is 5.95. The predicted octanol–water partition coefficient (Wildman–Crippen LogP) is 5.12. The third kappa shape index (κ3) is 4.12. The van der Waals surface area contributed by atoms with E-state index in [1.54, 1.807) is 12.4 Å². The highest BCUT2D eigenvalue weighted by molar-refractivity contribution is 7.99. The lowest BCUT2D eigenvalue weighted by Gasteiger charge is -2.10. The molecular weight excluding hydrogens is 418 g/mol. The Balaban J connectivity index is 1.40. The van der Waals surface area contributed by atoms with Crippen molar-refractivity contribution in [2.45, 2.75) is 44.4 Å². The van der Waals surface area contributed by atoms with Crippen LogP contribution in [0, 0.1) is 13.8 Å². The number of aryl methyl sites for hydroxylation is 1. The number of carbonyl (C=O) groups is 1. The first-order chi connectivity index (χ1) is 15.6. The molecule has 0 amide bonds. The lowest BCUT2D eigenvalue weighted by atomic mass is 10.2. The van der Waals surface area contributed by atoms with Crippen LogP contribution >= 0.6 is 11.8 Å². The van der Waals surface area contributed by atoms with Crippen molar-refractivity contribution in [1.82, 2.24) is 24.3 Å².